The third kappa shape index (κ3) is 5.57. The molecule has 2 rings (SSSR count). The molecule has 0 heterocycles. The second-order valence-corrected chi connectivity index (χ2v) is 5.43. The van der Waals surface area contributed by atoms with Gasteiger partial charge in [-0.25, -0.2) is 0 Å². The van der Waals surface area contributed by atoms with Crippen molar-refractivity contribution < 1.29 is 17.0 Å². The summed E-state index contributed by atoms with van der Waals surface area (Å²) in [4.78, 5) is 0. The molecule has 0 amide bonds. The van der Waals surface area contributed by atoms with Crippen molar-refractivity contribution >= 4 is 30.0 Å². The van der Waals surface area contributed by atoms with E-state index in [1.165, 1.54) is 0 Å². The summed E-state index contributed by atoms with van der Waals surface area (Å²) in [5.74, 6) is 0. The third-order valence-corrected chi connectivity index (χ3v) is 1.77. The van der Waals surface area contributed by atoms with E-state index in [1.807, 2.05) is 60.7 Å². The zero-order chi connectivity index (χ0) is 11.6. The minimum atomic E-state index is -0.556. The van der Waals surface area contributed by atoms with E-state index in [4.69, 9.17) is 18.6 Å². The van der Waals surface area contributed by atoms with Crippen molar-refractivity contribution in [1.82, 2.24) is 0 Å². The maximum absolute atomic E-state index is 4.89. The Morgan fingerprint density at radius 1 is 0.688 bits per heavy atom. The summed E-state index contributed by atoms with van der Waals surface area (Å²) in [5, 5.41) is 4.44. The van der Waals surface area contributed by atoms with Crippen LogP contribution in [-0.4, -0.2) is 0 Å². The maximum Gasteiger partial charge on any atom is -0.0624 e. The Hall–Kier alpha value is -0.466. The average Bonchev–Trinajstić information content (AvgIpc) is 2.33. The molecule has 0 N–H and O–H groups in total. The molecule has 0 radical (unpaired) electrons. The summed E-state index contributed by atoms with van der Waals surface area (Å²) in [6, 6.07) is 19.9. The summed E-state index contributed by atoms with van der Waals surface area (Å²) in [6.07, 6.45) is 0. The topological polar surface area (TPSA) is 14.1 Å². The zero-order valence-corrected chi connectivity index (χ0v) is 11.6. The first kappa shape index (κ1) is 13.6. The first-order valence-electron chi connectivity index (χ1n) is 4.65. The zero-order valence-electron chi connectivity index (χ0n) is 8.48. The Morgan fingerprint density at radius 2 is 1.00 bits per heavy atom. The molecule has 1 nitrogen and oxygen atoms in total. The first-order valence-corrected chi connectivity index (χ1v) is 8.94. The molecule has 0 unspecified atom stereocenters. The second-order valence-electron chi connectivity index (χ2n) is 2.85. The van der Waals surface area contributed by atoms with Gasteiger partial charge in [0.25, 0.3) is 0 Å². The Kier molecular flexibility index (Phi) is 7.36. The quantitative estimate of drug-likeness (QED) is 0.656. The van der Waals surface area contributed by atoms with Gasteiger partial charge >= 0.3 is 35.6 Å². The van der Waals surface area contributed by atoms with Gasteiger partial charge in [-0.1, -0.05) is 60.7 Å². The fraction of sp³-hybridized carbons (Fsp3) is 0. The molecule has 0 fully saturated rings. The van der Waals surface area contributed by atoms with Crippen molar-refractivity contribution in [2.75, 3.05) is 0 Å². The Balaban J connectivity index is 0.000000386. The summed E-state index contributed by atoms with van der Waals surface area (Å²) in [6.45, 7) is 0. The average molecular weight is 287 g/mol. The Labute approximate surface area is 112 Å². The fourth-order valence-electron chi connectivity index (χ4n) is 1.15. The molecule has 0 aromatic heterocycles. The predicted molar refractivity (Wildman–Crippen MR) is 67.3 cm³/mol. The first-order chi connectivity index (χ1) is 7.86. The molecule has 0 atom stereocenters. The number of para-hydroxylation sites is 2. The number of rotatable bonds is 2. The fourth-order valence-corrected chi connectivity index (χ4v) is 1.15. The largest absolute Gasteiger partial charge is 0.658 e. The maximum atomic E-state index is 4.89. The monoisotopic (exact) mass is 286 g/mol. The van der Waals surface area contributed by atoms with Crippen LogP contribution in [0.15, 0.2) is 60.7 Å². The van der Waals surface area contributed by atoms with E-state index in [1.54, 1.807) is 0 Å². The molecule has 0 saturated carbocycles. The standard InChI is InChI=1S/C12H10N.2ClH.Ti/c1-3-7-11(8-4-1)13-12-9-5-2-6-10-12;;;/h1-10H;2*1H;/q-1;;;+2/p-2. The summed E-state index contributed by atoms with van der Waals surface area (Å²) < 4.78 is 0. The van der Waals surface area contributed by atoms with Crippen LogP contribution in [0, 0.1) is 0 Å². The van der Waals surface area contributed by atoms with Gasteiger partial charge < -0.3 is 5.32 Å². The molecule has 0 aliphatic rings. The van der Waals surface area contributed by atoms with Crippen LogP contribution in [0.1, 0.15) is 0 Å². The van der Waals surface area contributed by atoms with Crippen molar-refractivity contribution in [3.63, 3.8) is 0 Å². The van der Waals surface area contributed by atoms with Gasteiger partial charge in [0.2, 0.25) is 0 Å². The summed E-state index contributed by atoms with van der Waals surface area (Å²) in [7, 11) is 9.78. The molecule has 2 aromatic rings. The number of hydrogen-bond acceptors (Lipinski definition) is 0. The molecule has 0 aliphatic carbocycles. The van der Waals surface area contributed by atoms with Crippen molar-refractivity contribution in [2.45, 2.75) is 0 Å². The van der Waals surface area contributed by atoms with Crippen LogP contribution in [0.25, 0.3) is 5.32 Å². The predicted octanol–water partition coefficient (Wildman–Crippen LogP) is 5.40. The number of hydrogen-bond donors (Lipinski definition) is 0. The van der Waals surface area contributed by atoms with E-state index in [0.717, 1.165) is 11.4 Å². The SMILES string of the molecule is [Cl][Ti][Cl].c1ccc([N-]c2ccccc2)cc1. The van der Waals surface area contributed by atoms with E-state index < -0.39 is 17.0 Å². The molecule has 16 heavy (non-hydrogen) atoms. The van der Waals surface area contributed by atoms with E-state index in [0.29, 0.717) is 0 Å². The second kappa shape index (κ2) is 8.66. The van der Waals surface area contributed by atoms with Gasteiger partial charge in [0, 0.05) is 0 Å². The van der Waals surface area contributed by atoms with Gasteiger partial charge in [-0.3, -0.25) is 0 Å². The van der Waals surface area contributed by atoms with E-state index in [-0.39, 0.29) is 0 Å². The molecule has 82 valence electrons. The van der Waals surface area contributed by atoms with Gasteiger partial charge in [0.05, 0.1) is 0 Å². The number of nitrogens with zero attached hydrogens (tertiary/aromatic N) is 1. The number of halogens is 2. The molecule has 0 spiro atoms. The van der Waals surface area contributed by atoms with Crippen molar-refractivity contribution in [3.05, 3.63) is 66.0 Å². The van der Waals surface area contributed by atoms with Gasteiger partial charge in [-0.15, -0.1) is 11.4 Å². The minimum Gasteiger partial charge on any atom is -0.658 e. The van der Waals surface area contributed by atoms with Crippen LogP contribution in [0.4, 0.5) is 11.4 Å². The Morgan fingerprint density at radius 3 is 1.31 bits per heavy atom. The molecular weight excluding hydrogens is 277 g/mol. The van der Waals surface area contributed by atoms with Gasteiger partial charge in [-0.05, 0) is 0 Å². The molecule has 0 saturated heterocycles. The molecule has 0 bridgehead atoms. The van der Waals surface area contributed by atoms with Crippen LogP contribution >= 0.6 is 18.6 Å². The van der Waals surface area contributed by atoms with Crippen molar-refractivity contribution in [2.24, 2.45) is 0 Å². The van der Waals surface area contributed by atoms with Gasteiger partial charge in [0.1, 0.15) is 0 Å². The molecule has 2 aromatic carbocycles. The Bertz CT molecular complexity index is 343. The smallest absolute Gasteiger partial charge is 0.0624 e. The van der Waals surface area contributed by atoms with E-state index >= 15 is 0 Å². The number of benzene rings is 2. The van der Waals surface area contributed by atoms with Crippen LogP contribution in [0.5, 0.6) is 0 Å². The normalized spacial score (nSPS) is 8.62. The molecule has 0 aliphatic heterocycles. The van der Waals surface area contributed by atoms with Gasteiger partial charge in [-0.2, -0.15) is 0 Å². The van der Waals surface area contributed by atoms with Crippen LogP contribution in [-0.2, 0) is 17.0 Å². The third-order valence-electron chi connectivity index (χ3n) is 1.77. The van der Waals surface area contributed by atoms with Gasteiger partial charge in [0.15, 0.2) is 0 Å². The van der Waals surface area contributed by atoms with Crippen molar-refractivity contribution in [1.29, 1.82) is 0 Å². The van der Waals surface area contributed by atoms with Crippen LogP contribution in [0.3, 0.4) is 0 Å². The van der Waals surface area contributed by atoms with Crippen molar-refractivity contribution in [3.8, 4) is 0 Å². The minimum absolute atomic E-state index is 0.556. The van der Waals surface area contributed by atoms with Crippen LogP contribution in [0.2, 0.25) is 0 Å². The summed E-state index contributed by atoms with van der Waals surface area (Å²) in [5.41, 5.74) is 1.99. The molecule has 4 heteroatoms. The van der Waals surface area contributed by atoms with Crippen LogP contribution < -0.4 is 0 Å². The molecular formula is C12H10Cl2NTi-. The summed E-state index contributed by atoms with van der Waals surface area (Å²) >= 11 is -0.556. The van der Waals surface area contributed by atoms with E-state index in [2.05, 4.69) is 5.32 Å². The van der Waals surface area contributed by atoms with E-state index in [9.17, 15) is 0 Å².